The van der Waals surface area contributed by atoms with Gasteiger partial charge in [-0.3, -0.25) is 14.2 Å². The first-order valence-electron chi connectivity index (χ1n) is 19.2. The van der Waals surface area contributed by atoms with Gasteiger partial charge in [-0.15, -0.1) is 0 Å². The molecule has 1 aromatic heterocycles. The van der Waals surface area contributed by atoms with Crippen molar-refractivity contribution in [1.82, 2.24) is 4.57 Å². The molecule has 63 heavy (non-hydrogen) atoms. The van der Waals surface area contributed by atoms with Crippen LogP contribution in [0.4, 0.5) is 13.2 Å². The molecule has 0 atom stereocenters. The van der Waals surface area contributed by atoms with Crippen molar-refractivity contribution in [2.45, 2.75) is 13.1 Å². The molecule has 0 spiro atoms. The maximum absolute atomic E-state index is 13.8. The first-order valence-corrected chi connectivity index (χ1v) is 22.6. The van der Waals surface area contributed by atoms with Crippen LogP contribution in [0.1, 0.15) is 17.3 Å². The molecule has 7 aromatic carbocycles. The van der Waals surface area contributed by atoms with Crippen molar-refractivity contribution in [3.05, 3.63) is 222 Å². The Balaban J connectivity index is 0.000000159. The van der Waals surface area contributed by atoms with Gasteiger partial charge in [0, 0.05) is 71.8 Å². The quantitative estimate of drug-likeness (QED) is 0.126. The average Bonchev–Trinajstić information content (AvgIpc) is 3.31. The molecule has 0 amide bonds. The molecule has 1 aliphatic rings. The number of para-hydroxylation sites is 3. The molecule has 1 N–H and O–H groups in total. The van der Waals surface area contributed by atoms with Gasteiger partial charge < -0.3 is 19.0 Å². The van der Waals surface area contributed by atoms with E-state index >= 15 is 0 Å². The van der Waals surface area contributed by atoms with Crippen molar-refractivity contribution in [2.24, 2.45) is 0 Å². The van der Waals surface area contributed by atoms with E-state index in [0.29, 0.717) is 0 Å². The Morgan fingerprint density at radius 3 is 1.38 bits per heavy atom. The Morgan fingerprint density at radius 1 is 0.587 bits per heavy atom. The summed E-state index contributed by atoms with van der Waals surface area (Å²) in [5.74, 6) is -2.96. The van der Waals surface area contributed by atoms with Gasteiger partial charge >= 0.3 is 6.18 Å². The number of hydrogen-bond donors (Lipinski definition) is 1. The van der Waals surface area contributed by atoms with Crippen LogP contribution in [-0.2, 0) is 9.13 Å². The smallest absolute Gasteiger partial charge is 0.455 e. The minimum absolute atomic E-state index is 0. The number of halogens is 3. The summed E-state index contributed by atoms with van der Waals surface area (Å²) >= 11 is 0. The van der Waals surface area contributed by atoms with Gasteiger partial charge in [0.1, 0.15) is 16.8 Å². The van der Waals surface area contributed by atoms with Crippen molar-refractivity contribution >= 4 is 57.5 Å². The van der Waals surface area contributed by atoms with Crippen LogP contribution in [0.3, 0.4) is 0 Å². The van der Waals surface area contributed by atoms with Crippen LogP contribution in [-0.4, -0.2) is 21.6 Å². The van der Waals surface area contributed by atoms with E-state index in [4.69, 9.17) is 4.74 Å². The number of allylic oxidation sites excluding steroid dienone is 1. The molecular weight excluding hydrogens is 987 g/mol. The summed E-state index contributed by atoms with van der Waals surface area (Å²) in [7, 11) is -5.47. The number of Topliss-reactive ketones (excluding diaryl/α,β-unsaturated/α-hetero) is 1. The number of carbonyl (C=O) groups is 1. The number of ether oxygens (including phenoxy) is 1. The van der Waals surface area contributed by atoms with Gasteiger partial charge in [0.2, 0.25) is 0 Å². The van der Waals surface area contributed by atoms with Crippen molar-refractivity contribution in [2.75, 3.05) is 0 Å². The van der Waals surface area contributed by atoms with Gasteiger partial charge in [0.25, 0.3) is 11.3 Å². The number of ketones is 1. The van der Waals surface area contributed by atoms with E-state index in [0.717, 1.165) is 36.4 Å². The molecule has 2 heterocycles. The van der Waals surface area contributed by atoms with Crippen LogP contribution in [0, 0.1) is 39.9 Å². The van der Waals surface area contributed by atoms with Crippen LogP contribution in [0.25, 0.3) is 16.6 Å². The molecule has 8 aromatic rings. The third-order valence-electron chi connectivity index (χ3n) is 10.1. The van der Waals surface area contributed by atoms with E-state index in [1.807, 2.05) is 159 Å². The van der Waals surface area contributed by atoms with Crippen molar-refractivity contribution in [3.8, 4) is 22.9 Å². The summed E-state index contributed by atoms with van der Waals surface area (Å²) in [5, 5.41) is 15.1. The van der Waals surface area contributed by atoms with E-state index in [1.165, 1.54) is 24.3 Å². The fourth-order valence-corrected chi connectivity index (χ4v) is 12.2. The van der Waals surface area contributed by atoms with Crippen molar-refractivity contribution in [1.29, 1.82) is 0 Å². The van der Waals surface area contributed by atoms with Crippen molar-refractivity contribution < 1.29 is 76.9 Å². The minimum Gasteiger partial charge on any atom is -0.506 e. The Labute approximate surface area is 394 Å². The minimum atomic E-state index is -5.29. The topological polar surface area (TPSA) is 103 Å². The van der Waals surface area contributed by atoms with Crippen LogP contribution in [0.5, 0.6) is 17.2 Å². The summed E-state index contributed by atoms with van der Waals surface area (Å²) < 4.78 is 72.3. The number of pyridine rings is 1. The van der Waals surface area contributed by atoms with Gasteiger partial charge in [0.15, 0.2) is 25.8 Å². The second kappa shape index (κ2) is 19.8. The third kappa shape index (κ3) is 9.35. The second-order valence-corrected chi connectivity index (χ2v) is 19.8. The number of fused-ring (bicyclic) bond motifs is 2. The predicted molar refractivity (Wildman–Crippen MR) is 242 cm³/mol. The van der Waals surface area contributed by atoms with E-state index in [1.54, 1.807) is 18.2 Å². The SMILES string of the molecule is C=C(C)P(=O)(c1ccccc1)c1ccccc1.O=C(c1c(O)c2cccc3c2n(c1=O)-c1ccccc1O3)C(F)(F)F.O=P(c1ccccc1)(c1ccccc1)c1ccccc1.[Gd]. The molecule has 0 saturated carbocycles. The number of aromatic hydroxyl groups is 1. The Morgan fingerprint density at radius 2 is 0.968 bits per heavy atom. The average molecular weight is 1030 g/mol. The molecule has 318 valence electrons. The maximum atomic E-state index is 13.8. The van der Waals surface area contributed by atoms with E-state index in [2.05, 4.69) is 6.58 Å². The normalized spacial score (nSPS) is 11.6. The molecule has 0 fully saturated rings. The largest absolute Gasteiger partial charge is 0.506 e. The van der Waals surface area contributed by atoms with Crippen LogP contribution in [0.15, 0.2) is 211 Å². The van der Waals surface area contributed by atoms with E-state index in [-0.39, 0.29) is 68.0 Å². The van der Waals surface area contributed by atoms with Crippen LogP contribution >= 0.6 is 14.3 Å². The molecule has 0 aliphatic carbocycles. The van der Waals surface area contributed by atoms with Gasteiger partial charge in [0.05, 0.1) is 5.69 Å². The number of aromatic nitrogens is 1. The van der Waals surface area contributed by atoms with E-state index < -0.39 is 43.1 Å². The summed E-state index contributed by atoms with van der Waals surface area (Å²) in [6, 6.07) is 58.8. The zero-order valence-corrected chi connectivity index (χ0v) is 37.6. The molecule has 7 nitrogen and oxygen atoms in total. The molecule has 0 bridgehead atoms. The standard InChI is InChI=1S/C18H15OP.C17H8F3NO4.C15H15OP.Gd/c19-20(16-10-4-1-5-11-16,17-12-6-2-7-13-17)18-14-8-3-9-15-18;18-17(19,20)15(23)12-14(22)8-4-3-7-11-13(8)21(16(12)24)9-5-1-2-6-10(9)25-11;1-13(2)17(16,14-9-5-3-6-10-14)15-11-7-4-8-12-15;/h1-15H;1-7,22H;3-12H,1H2,2H3;. The molecule has 9 rings (SSSR count). The monoisotopic (exact) mass is 1030 g/mol. The summed E-state index contributed by atoms with van der Waals surface area (Å²) in [4.78, 5) is 24.4. The fourth-order valence-electron chi connectivity index (χ4n) is 7.13. The van der Waals surface area contributed by atoms with Crippen molar-refractivity contribution in [3.63, 3.8) is 0 Å². The number of rotatable bonds is 7. The predicted octanol–water partition coefficient (Wildman–Crippen LogP) is 10.4. The fraction of sp³-hybridized carbons (Fsp3) is 0.0400. The molecular formula is C50H38F3GdNO6P2. The van der Waals surface area contributed by atoms with Gasteiger partial charge in [-0.2, -0.15) is 13.2 Å². The summed E-state index contributed by atoms with van der Waals surface area (Å²) in [6.07, 6.45) is -5.29. The van der Waals surface area contributed by atoms with Gasteiger partial charge in [-0.05, 0) is 36.5 Å². The molecule has 13 heteroatoms. The summed E-state index contributed by atoms with van der Waals surface area (Å²) in [6.45, 7) is 5.75. The Bertz CT molecular complexity index is 2910. The summed E-state index contributed by atoms with van der Waals surface area (Å²) in [5.41, 5.74) is -2.28. The first kappa shape index (κ1) is 46.8. The second-order valence-electron chi connectivity index (χ2n) is 14.0. The number of hydrogen-bond acceptors (Lipinski definition) is 6. The van der Waals surface area contributed by atoms with E-state index in [9.17, 15) is 37.0 Å². The molecule has 0 radical (unpaired) electrons. The van der Waals surface area contributed by atoms with Crippen LogP contribution in [0.2, 0.25) is 0 Å². The zero-order valence-electron chi connectivity index (χ0n) is 33.5. The molecule has 0 saturated heterocycles. The third-order valence-corrected chi connectivity index (χ3v) is 16.3. The number of benzene rings is 7. The zero-order chi connectivity index (χ0) is 44.1. The maximum Gasteiger partial charge on any atom is 0.455 e. The Kier molecular flexibility index (Phi) is 14.7. The number of alkyl halides is 3. The Hall–Kier alpha value is -5.67. The van der Waals surface area contributed by atoms with Gasteiger partial charge in [-0.25, -0.2) is 0 Å². The molecule has 1 aliphatic heterocycles. The number of carbonyl (C=O) groups excluding carboxylic acids is 1. The molecule has 0 unspecified atom stereocenters. The van der Waals surface area contributed by atoms with Crippen LogP contribution < -0.4 is 36.8 Å². The first-order chi connectivity index (χ1) is 29.8. The van der Waals surface area contributed by atoms with Gasteiger partial charge in [-0.1, -0.05) is 176 Å². The number of nitrogens with zero attached hydrogens (tertiary/aromatic N) is 1.